The van der Waals surface area contributed by atoms with Crippen LogP contribution < -0.4 is 0 Å². The molecule has 0 aliphatic carbocycles. The summed E-state index contributed by atoms with van der Waals surface area (Å²) in [6, 6.07) is 9.25. The quantitative estimate of drug-likeness (QED) is 0.726. The van der Waals surface area contributed by atoms with E-state index in [0.29, 0.717) is 6.42 Å². The van der Waals surface area contributed by atoms with E-state index in [0.717, 1.165) is 12.0 Å². The number of rotatable bonds is 2. The highest BCUT2D eigenvalue weighted by atomic mass is 32.2. The lowest BCUT2D eigenvalue weighted by Gasteiger charge is -2.06. The molecule has 2 atom stereocenters. The summed E-state index contributed by atoms with van der Waals surface area (Å²) in [5, 5.41) is -0.483. The molecule has 0 aromatic heterocycles. The summed E-state index contributed by atoms with van der Waals surface area (Å²) in [5.74, 6) is 0. The maximum atomic E-state index is 11.7. The third-order valence-electron chi connectivity index (χ3n) is 2.72. The first kappa shape index (κ1) is 10.6. The third kappa shape index (κ3) is 2.06. The number of hydrogen-bond acceptors (Lipinski definition) is 3. The summed E-state index contributed by atoms with van der Waals surface area (Å²) >= 11 is 0. The lowest BCUT2D eigenvalue weighted by Crippen LogP contribution is -2.06. The van der Waals surface area contributed by atoms with E-state index in [2.05, 4.69) is 0 Å². The van der Waals surface area contributed by atoms with E-state index in [4.69, 9.17) is 4.18 Å². The van der Waals surface area contributed by atoms with Crippen LogP contribution in [-0.2, 0) is 14.3 Å². The Balaban J connectivity index is 2.31. The Hall–Kier alpha value is -0.870. The molecular formula is C11H14O3S. The van der Waals surface area contributed by atoms with Crippen LogP contribution in [0.1, 0.15) is 30.6 Å². The van der Waals surface area contributed by atoms with Crippen LogP contribution in [0.5, 0.6) is 0 Å². The second-order valence-corrected chi connectivity index (χ2v) is 5.50. The van der Waals surface area contributed by atoms with Crippen LogP contribution in [-0.4, -0.2) is 14.5 Å². The van der Waals surface area contributed by atoms with Gasteiger partial charge in [-0.15, -0.1) is 0 Å². The molecule has 0 saturated carbocycles. The van der Waals surface area contributed by atoms with E-state index in [1.807, 2.05) is 37.3 Å². The Morgan fingerprint density at radius 1 is 1.33 bits per heavy atom. The van der Waals surface area contributed by atoms with Gasteiger partial charge in [0.05, 0.1) is 6.10 Å². The molecule has 0 radical (unpaired) electrons. The molecule has 4 heteroatoms. The molecule has 1 aromatic rings. The SMILES string of the molecule is CC[C@@H]1C[C@H](c2ccccc2)S(=O)(=O)O1. The van der Waals surface area contributed by atoms with E-state index in [1.165, 1.54) is 0 Å². The van der Waals surface area contributed by atoms with Gasteiger partial charge in [-0.2, -0.15) is 8.42 Å². The predicted molar refractivity (Wildman–Crippen MR) is 57.9 cm³/mol. The van der Waals surface area contributed by atoms with Gasteiger partial charge in [-0.25, -0.2) is 0 Å². The summed E-state index contributed by atoms with van der Waals surface area (Å²) in [7, 11) is -3.40. The van der Waals surface area contributed by atoms with Gasteiger partial charge in [-0.3, -0.25) is 4.18 Å². The third-order valence-corrected chi connectivity index (χ3v) is 4.42. The van der Waals surface area contributed by atoms with Gasteiger partial charge in [-0.1, -0.05) is 37.3 Å². The molecule has 1 fully saturated rings. The van der Waals surface area contributed by atoms with Gasteiger partial charge in [0, 0.05) is 0 Å². The Labute approximate surface area is 90.2 Å². The highest BCUT2D eigenvalue weighted by molar-refractivity contribution is 7.87. The average molecular weight is 226 g/mol. The zero-order valence-electron chi connectivity index (χ0n) is 8.59. The van der Waals surface area contributed by atoms with Crippen molar-refractivity contribution >= 4 is 10.1 Å². The van der Waals surface area contributed by atoms with Crippen LogP contribution in [0.15, 0.2) is 30.3 Å². The van der Waals surface area contributed by atoms with Crippen molar-refractivity contribution in [2.45, 2.75) is 31.1 Å². The van der Waals surface area contributed by atoms with Crippen molar-refractivity contribution in [2.24, 2.45) is 0 Å². The summed E-state index contributed by atoms with van der Waals surface area (Å²) < 4.78 is 28.5. The molecule has 1 saturated heterocycles. The molecule has 1 aliphatic heterocycles. The van der Waals surface area contributed by atoms with Gasteiger partial charge < -0.3 is 0 Å². The van der Waals surface area contributed by atoms with Gasteiger partial charge in [-0.05, 0) is 18.4 Å². The van der Waals surface area contributed by atoms with Crippen molar-refractivity contribution in [1.82, 2.24) is 0 Å². The van der Waals surface area contributed by atoms with Crippen LogP contribution in [0.2, 0.25) is 0 Å². The van der Waals surface area contributed by atoms with E-state index in [-0.39, 0.29) is 6.10 Å². The van der Waals surface area contributed by atoms with Crippen molar-refractivity contribution in [1.29, 1.82) is 0 Å². The molecule has 0 spiro atoms. The van der Waals surface area contributed by atoms with Gasteiger partial charge in [0.15, 0.2) is 0 Å². The Morgan fingerprint density at radius 2 is 2.00 bits per heavy atom. The zero-order valence-corrected chi connectivity index (χ0v) is 9.41. The largest absolute Gasteiger partial charge is 0.274 e. The lowest BCUT2D eigenvalue weighted by atomic mass is 10.1. The molecule has 82 valence electrons. The molecule has 1 heterocycles. The van der Waals surface area contributed by atoms with Crippen LogP contribution in [0.4, 0.5) is 0 Å². The second kappa shape index (κ2) is 3.94. The number of benzene rings is 1. The molecule has 0 unspecified atom stereocenters. The molecule has 15 heavy (non-hydrogen) atoms. The minimum atomic E-state index is -3.40. The highest BCUT2D eigenvalue weighted by Gasteiger charge is 2.39. The highest BCUT2D eigenvalue weighted by Crippen LogP contribution is 2.37. The standard InChI is InChI=1S/C11H14O3S/c1-2-10-8-11(15(12,13)14-10)9-6-4-3-5-7-9/h3-7,10-11H,2,8H2,1H3/t10-,11-/m1/s1. The fraction of sp³-hybridized carbons (Fsp3) is 0.455. The molecule has 0 amide bonds. The summed E-state index contributed by atoms with van der Waals surface area (Å²) in [6.45, 7) is 1.94. The fourth-order valence-electron chi connectivity index (χ4n) is 1.86. The van der Waals surface area contributed by atoms with E-state index in [1.54, 1.807) is 0 Å². The van der Waals surface area contributed by atoms with Crippen molar-refractivity contribution in [3.8, 4) is 0 Å². The topological polar surface area (TPSA) is 43.4 Å². The van der Waals surface area contributed by atoms with Crippen molar-refractivity contribution in [2.75, 3.05) is 0 Å². The maximum Gasteiger partial charge on any atom is 0.274 e. The Morgan fingerprint density at radius 3 is 2.53 bits per heavy atom. The van der Waals surface area contributed by atoms with E-state index in [9.17, 15) is 8.42 Å². The molecule has 1 aliphatic rings. The first-order valence-corrected chi connectivity index (χ1v) is 6.57. The van der Waals surface area contributed by atoms with Crippen LogP contribution in [0.25, 0.3) is 0 Å². The molecule has 0 bridgehead atoms. The van der Waals surface area contributed by atoms with E-state index >= 15 is 0 Å². The minimum absolute atomic E-state index is 0.153. The normalized spacial score (nSPS) is 29.1. The fourth-order valence-corrected chi connectivity index (χ4v) is 3.53. The first-order chi connectivity index (χ1) is 7.13. The molecular weight excluding hydrogens is 212 g/mol. The van der Waals surface area contributed by atoms with Crippen molar-refractivity contribution in [3.05, 3.63) is 35.9 Å². The van der Waals surface area contributed by atoms with Gasteiger partial charge >= 0.3 is 0 Å². The van der Waals surface area contributed by atoms with Gasteiger partial charge in [0.2, 0.25) is 0 Å². The summed E-state index contributed by atoms with van der Waals surface area (Å²) in [6.07, 6.45) is 1.16. The van der Waals surface area contributed by atoms with Gasteiger partial charge in [0.25, 0.3) is 10.1 Å². The molecule has 2 rings (SSSR count). The van der Waals surface area contributed by atoms with Crippen LogP contribution in [0.3, 0.4) is 0 Å². The average Bonchev–Trinajstić information content (AvgIpc) is 2.55. The monoisotopic (exact) mass is 226 g/mol. The number of hydrogen-bond donors (Lipinski definition) is 0. The molecule has 0 N–H and O–H groups in total. The lowest BCUT2D eigenvalue weighted by molar-refractivity contribution is 0.230. The molecule has 1 aromatic carbocycles. The minimum Gasteiger partial charge on any atom is -0.266 e. The predicted octanol–water partition coefficient (Wildman–Crippen LogP) is 2.26. The van der Waals surface area contributed by atoms with Crippen LogP contribution >= 0.6 is 0 Å². The van der Waals surface area contributed by atoms with Crippen molar-refractivity contribution in [3.63, 3.8) is 0 Å². The van der Waals surface area contributed by atoms with E-state index < -0.39 is 15.4 Å². The molecule has 3 nitrogen and oxygen atoms in total. The second-order valence-electron chi connectivity index (χ2n) is 3.75. The van der Waals surface area contributed by atoms with Crippen molar-refractivity contribution < 1.29 is 12.6 Å². The first-order valence-electron chi connectivity index (χ1n) is 5.10. The summed E-state index contributed by atoms with van der Waals surface area (Å²) in [4.78, 5) is 0. The smallest absolute Gasteiger partial charge is 0.266 e. The van der Waals surface area contributed by atoms with Gasteiger partial charge in [0.1, 0.15) is 5.25 Å². The summed E-state index contributed by atoms with van der Waals surface area (Å²) in [5.41, 5.74) is 0.827. The Kier molecular flexibility index (Phi) is 2.80. The Bertz CT molecular complexity index is 424. The maximum absolute atomic E-state index is 11.7. The zero-order chi connectivity index (χ0) is 10.9. The van der Waals surface area contributed by atoms with Crippen LogP contribution in [0, 0.1) is 0 Å².